The van der Waals surface area contributed by atoms with E-state index in [9.17, 15) is 10.1 Å². The molecule has 0 aliphatic carbocycles. The number of anilines is 1. The summed E-state index contributed by atoms with van der Waals surface area (Å²) in [4.78, 5) is 19.0. The van der Waals surface area contributed by atoms with Crippen LogP contribution in [0.2, 0.25) is 15.1 Å². The highest BCUT2D eigenvalue weighted by Crippen LogP contribution is 2.32. The molecule has 0 saturated carbocycles. The zero-order chi connectivity index (χ0) is 31.6. The van der Waals surface area contributed by atoms with Crippen LogP contribution in [0, 0.1) is 17.2 Å². The first-order valence-corrected chi connectivity index (χ1v) is 15.8. The third-order valence-electron chi connectivity index (χ3n) is 7.41. The molecule has 1 heterocycles. The van der Waals surface area contributed by atoms with Gasteiger partial charge in [0.2, 0.25) is 0 Å². The normalized spacial score (nSPS) is 12.3. The molecule has 7 nitrogen and oxygen atoms in total. The number of thiocarbonyl (C=S) groups is 1. The maximum absolute atomic E-state index is 14.6. The number of carbonyl (C=O) groups is 1. The second-order valence-corrected chi connectivity index (χ2v) is 12.2. The van der Waals surface area contributed by atoms with Crippen LogP contribution in [0.3, 0.4) is 0 Å². The average Bonchev–Trinajstić information content (AvgIpc) is 3.48. The van der Waals surface area contributed by atoms with Crippen molar-refractivity contribution >= 4 is 63.7 Å². The number of hydrazine groups is 1. The van der Waals surface area contributed by atoms with Crippen LogP contribution in [-0.4, -0.2) is 32.1 Å². The lowest BCUT2D eigenvalue weighted by atomic mass is 9.95. The lowest BCUT2D eigenvalue weighted by molar-refractivity contribution is -0.131. The van der Waals surface area contributed by atoms with Gasteiger partial charge in [-0.3, -0.25) is 4.79 Å². The summed E-state index contributed by atoms with van der Waals surface area (Å²) in [6.07, 6.45) is 5.51. The van der Waals surface area contributed by atoms with Gasteiger partial charge < -0.3 is 9.88 Å². The largest absolute Gasteiger partial charge is 0.331 e. The Morgan fingerprint density at radius 3 is 2.50 bits per heavy atom. The SMILES string of the molecule is CC[C@H](C)CCNN(C(=O)C(Cc1cccc(Cl)c1Cl)c1cncn1Cc1ccc(C#N)cc1)C(=S)Nc1ccc(Cl)cc1. The van der Waals surface area contributed by atoms with Crippen LogP contribution >= 0.6 is 47.0 Å². The molecule has 44 heavy (non-hydrogen) atoms. The number of amides is 1. The Morgan fingerprint density at radius 1 is 1.09 bits per heavy atom. The summed E-state index contributed by atoms with van der Waals surface area (Å²) in [7, 11) is 0. The van der Waals surface area contributed by atoms with Crippen LogP contribution in [0.25, 0.3) is 0 Å². The lowest BCUT2D eigenvalue weighted by Gasteiger charge is -2.29. The molecular formula is C33H33Cl3N6OS. The summed E-state index contributed by atoms with van der Waals surface area (Å²) in [6.45, 7) is 5.30. The van der Waals surface area contributed by atoms with E-state index in [1.807, 2.05) is 28.8 Å². The topological polar surface area (TPSA) is 86.0 Å². The van der Waals surface area contributed by atoms with Crippen LogP contribution in [0.4, 0.5) is 5.69 Å². The minimum atomic E-state index is -0.729. The van der Waals surface area contributed by atoms with E-state index in [2.05, 4.69) is 35.6 Å². The zero-order valence-corrected chi connectivity index (χ0v) is 27.5. The molecule has 3 aromatic carbocycles. The first-order valence-electron chi connectivity index (χ1n) is 14.3. The maximum atomic E-state index is 14.6. The van der Waals surface area contributed by atoms with Crippen molar-refractivity contribution in [3.63, 3.8) is 0 Å². The van der Waals surface area contributed by atoms with Crippen molar-refractivity contribution < 1.29 is 4.79 Å². The molecule has 0 spiro atoms. The Morgan fingerprint density at radius 2 is 1.82 bits per heavy atom. The number of hydrogen-bond donors (Lipinski definition) is 2. The Balaban J connectivity index is 1.71. The van der Waals surface area contributed by atoms with Gasteiger partial charge in [0.25, 0.3) is 5.91 Å². The summed E-state index contributed by atoms with van der Waals surface area (Å²) < 4.78 is 1.93. The molecule has 0 aliphatic rings. The van der Waals surface area contributed by atoms with Crippen molar-refractivity contribution in [1.82, 2.24) is 20.0 Å². The highest BCUT2D eigenvalue weighted by molar-refractivity contribution is 7.80. The van der Waals surface area contributed by atoms with E-state index >= 15 is 0 Å². The van der Waals surface area contributed by atoms with Gasteiger partial charge in [0.15, 0.2) is 5.11 Å². The van der Waals surface area contributed by atoms with Crippen molar-refractivity contribution in [2.75, 3.05) is 11.9 Å². The third-order valence-corrected chi connectivity index (χ3v) is 8.81. The Hall–Kier alpha value is -3.45. The van der Waals surface area contributed by atoms with Gasteiger partial charge in [-0.1, -0.05) is 79.3 Å². The molecule has 0 fully saturated rings. The number of imidazole rings is 1. The molecule has 2 N–H and O–H groups in total. The summed E-state index contributed by atoms with van der Waals surface area (Å²) in [5, 5.41) is 15.4. The lowest BCUT2D eigenvalue weighted by Crippen LogP contribution is -2.51. The van der Waals surface area contributed by atoms with E-state index in [-0.39, 0.29) is 17.4 Å². The monoisotopic (exact) mass is 666 g/mol. The van der Waals surface area contributed by atoms with Crippen molar-refractivity contribution in [3.8, 4) is 6.07 Å². The number of halogens is 3. The Bertz CT molecular complexity index is 1620. The molecule has 0 aliphatic heterocycles. The minimum Gasteiger partial charge on any atom is -0.331 e. The number of rotatable bonds is 12. The molecule has 4 rings (SSSR count). The fraction of sp³-hybridized carbons (Fsp3) is 0.273. The highest BCUT2D eigenvalue weighted by atomic mass is 35.5. The van der Waals surface area contributed by atoms with Gasteiger partial charge in [0, 0.05) is 30.0 Å². The molecular weight excluding hydrogens is 635 g/mol. The van der Waals surface area contributed by atoms with Gasteiger partial charge in [0.05, 0.1) is 39.6 Å². The molecule has 2 atom stereocenters. The first-order chi connectivity index (χ1) is 21.2. The van der Waals surface area contributed by atoms with Crippen molar-refractivity contribution in [3.05, 3.63) is 117 Å². The van der Waals surface area contributed by atoms with Gasteiger partial charge >= 0.3 is 0 Å². The first kappa shape index (κ1) is 33.4. The number of hydrogen-bond acceptors (Lipinski definition) is 5. The Kier molecular flexibility index (Phi) is 12.2. The van der Waals surface area contributed by atoms with Gasteiger partial charge in [-0.2, -0.15) is 5.26 Å². The van der Waals surface area contributed by atoms with Crippen molar-refractivity contribution in [1.29, 1.82) is 5.26 Å². The van der Waals surface area contributed by atoms with Crippen LogP contribution in [-0.2, 0) is 17.8 Å². The maximum Gasteiger partial charge on any atom is 0.252 e. The minimum absolute atomic E-state index is 0.196. The molecule has 1 amide bonds. The van der Waals surface area contributed by atoms with E-state index in [4.69, 9.17) is 47.0 Å². The number of nitriles is 1. The summed E-state index contributed by atoms with van der Waals surface area (Å²) in [6, 6.07) is 21.9. The van der Waals surface area contributed by atoms with E-state index in [1.54, 1.807) is 55.0 Å². The predicted molar refractivity (Wildman–Crippen MR) is 182 cm³/mol. The number of nitrogens with zero attached hydrogens (tertiary/aromatic N) is 4. The summed E-state index contributed by atoms with van der Waals surface area (Å²) >= 11 is 24.9. The van der Waals surface area contributed by atoms with Crippen LogP contribution in [0.15, 0.2) is 79.3 Å². The number of carbonyl (C=O) groups excluding carboxylic acids is 1. The van der Waals surface area contributed by atoms with Gasteiger partial charge in [-0.15, -0.1) is 0 Å². The van der Waals surface area contributed by atoms with Crippen LogP contribution in [0.5, 0.6) is 0 Å². The molecule has 4 aromatic rings. The second kappa shape index (κ2) is 16.0. The molecule has 1 aromatic heterocycles. The van der Waals surface area contributed by atoms with E-state index < -0.39 is 5.92 Å². The van der Waals surface area contributed by atoms with Crippen molar-refractivity contribution in [2.24, 2.45) is 5.92 Å². The number of benzene rings is 3. The fourth-order valence-electron chi connectivity index (χ4n) is 4.62. The van der Waals surface area contributed by atoms with E-state index in [0.29, 0.717) is 51.0 Å². The molecule has 0 saturated heterocycles. The molecule has 0 radical (unpaired) electrons. The molecule has 11 heteroatoms. The third kappa shape index (κ3) is 8.81. The van der Waals surface area contributed by atoms with Gasteiger partial charge in [-0.05, 0) is 84.6 Å². The quantitative estimate of drug-likeness (QED) is 0.117. The zero-order valence-electron chi connectivity index (χ0n) is 24.4. The number of nitrogens with one attached hydrogen (secondary N) is 2. The van der Waals surface area contributed by atoms with E-state index in [1.165, 1.54) is 5.01 Å². The summed E-state index contributed by atoms with van der Waals surface area (Å²) in [5.74, 6) is -0.543. The van der Waals surface area contributed by atoms with E-state index in [0.717, 1.165) is 24.0 Å². The fourth-order valence-corrected chi connectivity index (χ4v) is 5.42. The summed E-state index contributed by atoms with van der Waals surface area (Å²) in [5.41, 5.74) is 6.91. The van der Waals surface area contributed by atoms with Crippen LogP contribution < -0.4 is 10.7 Å². The molecule has 1 unspecified atom stereocenters. The average molecular weight is 668 g/mol. The number of aromatic nitrogens is 2. The Labute approximate surface area is 278 Å². The van der Waals surface area contributed by atoms with Gasteiger partial charge in [0.1, 0.15) is 0 Å². The second-order valence-electron chi connectivity index (χ2n) is 10.5. The van der Waals surface area contributed by atoms with Crippen LogP contribution in [0.1, 0.15) is 55.0 Å². The predicted octanol–water partition coefficient (Wildman–Crippen LogP) is 8.26. The standard InChI is InChI=1S/C33H33Cl3N6OS/c1-3-22(2)15-16-39-42(33(44)40-27-13-11-26(34)12-14-27)32(43)28(17-25-5-4-6-29(35)31(25)36)30-19-38-21-41(30)20-24-9-7-23(18-37)8-10-24/h4-14,19,21-22,28,39H,3,15-17,20H2,1-2H3,(H,40,44)/t22-,28?/m0/s1. The molecule has 228 valence electrons. The van der Waals surface area contributed by atoms with Crippen molar-refractivity contribution in [2.45, 2.75) is 45.6 Å². The highest BCUT2D eigenvalue weighted by Gasteiger charge is 2.32. The smallest absolute Gasteiger partial charge is 0.252 e. The van der Waals surface area contributed by atoms with Gasteiger partial charge in [-0.25, -0.2) is 15.4 Å². The molecule has 0 bridgehead atoms.